The van der Waals surface area contributed by atoms with Gasteiger partial charge in [0.25, 0.3) is 5.56 Å². The molecule has 0 fully saturated rings. The van der Waals surface area contributed by atoms with Gasteiger partial charge in [0.05, 0.1) is 7.11 Å². The van der Waals surface area contributed by atoms with Crippen LogP contribution >= 0.6 is 11.6 Å². The predicted molar refractivity (Wildman–Crippen MR) is 99.9 cm³/mol. The van der Waals surface area contributed by atoms with Crippen molar-refractivity contribution in [1.29, 1.82) is 0 Å². The van der Waals surface area contributed by atoms with Gasteiger partial charge in [-0.05, 0) is 36.1 Å². The summed E-state index contributed by atoms with van der Waals surface area (Å²) in [6, 6.07) is 14.4. The van der Waals surface area contributed by atoms with Crippen LogP contribution in [0, 0.1) is 0 Å². The van der Waals surface area contributed by atoms with Crippen LogP contribution in [-0.2, 0) is 4.74 Å². The van der Waals surface area contributed by atoms with Gasteiger partial charge < -0.3 is 10.2 Å². The molecule has 128 valence electrons. The molecule has 0 amide bonds. The second-order valence-electron chi connectivity index (χ2n) is 5.42. The molecule has 0 bridgehead atoms. The van der Waals surface area contributed by atoms with Gasteiger partial charge >= 0.3 is 5.97 Å². The number of carbonyl (C=O) groups excluding carboxylic acids is 1. The highest BCUT2D eigenvalue weighted by atomic mass is 35.5. The number of pyridine rings is 1. The number of nitrogens with one attached hydrogen (secondary N) is 1. The first-order chi connectivity index (χ1) is 12.1. The lowest BCUT2D eigenvalue weighted by atomic mass is 9.97. The molecule has 0 aliphatic carbocycles. The van der Waals surface area contributed by atoms with Crippen molar-refractivity contribution in [1.82, 2.24) is 4.68 Å². The Morgan fingerprint density at radius 2 is 1.88 bits per heavy atom. The summed E-state index contributed by atoms with van der Waals surface area (Å²) < 4.78 is 6.20. The Hall–Kier alpha value is -2.79. The van der Waals surface area contributed by atoms with E-state index >= 15 is 0 Å². The molecule has 1 heterocycles. The maximum absolute atomic E-state index is 12.9. The number of carbonyl (C=O) groups is 1. The number of aromatic nitrogens is 1. The zero-order chi connectivity index (χ0) is 18.0. The van der Waals surface area contributed by atoms with E-state index in [9.17, 15) is 9.59 Å². The number of fused-ring (bicyclic) bond motifs is 1. The Labute approximate surface area is 149 Å². The molecule has 5 nitrogen and oxygen atoms in total. The minimum Gasteiger partial charge on any atom is -0.464 e. The van der Waals surface area contributed by atoms with Crippen molar-refractivity contribution in [3.05, 3.63) is 69.6 Å². The Morgan fingerprint density at radius 1 is 1.16 bits per heavy atom. The summed E-state index contributed by atoms with van der Waals surface area (Å²) >= 11 is 6.16. The van der Waals surface area contributed by atoms with Gasteiger partial charge in [0.1, 0.15) is 0 Å². The SMILES string of the molecule is CCNn1c(C(=O)OC)c(-c2ccccc2)c2cc(Cl)ccc2c1=O. The maximum atomic E-state index is 12.9. The van der Waals surface area contributed by atoms with E-state index in [1.54, 1.807) is 18.2 Å². The van der Waals surface area contributed by atoms with Crippen LogP contribution in [0.25, 0.3) is 21.9 Å². The molecule has 1 N–H and O–H groups in total. The fourth-order valence-corrected chi connectivity index (χ4v) is 3.04. The smallest absolute Gasteiger partial charge is 0.357 e. The molecule has 25 heavy (non-hydrogen) atoms. The third-order valence-electron chi connectivity index (χ3n) is 3.90. The number of hydrogen-bond donors (Lipinski definition) is 1. The molecule has 0 saturated heterocycles. The van der Waals surface area contributed by atoms with Crippen molar-refractivity contribution in [2.75, 3.05) is 19.1 Å². The summed E-state index contributed by atoms with van der Waals surface area (Å²) in [5, 5.41) is 1.57. The monoisotopic (exact) mass is 356 g/mol. The Kier molecular flexibility index (Phi) is 4.76. The van der Waals surface area contributed by atoms with Gasteiger partial charge in [-0.2, -0.15) is 0 Å². The maximum Gasteiger partial charge on any atom is 0.357 e. The molecular formula is C19H17ClN2O3. The van der Waals surface area contributed by atoms with E-state index in [-0.39, 0.29) is 11.3 Å². The summed E-state index contributed by atoms with van der Waals surface area (Å²) in [6.45, 7) is 2.32. The van der Waals surface area contributed by atoms with Crippen molar-refractivity contribution in [3.8, 4) is 11.1 Å². The highest BCUT2D eigenvalue weighted by molar-refractivity contribution is 6.31. The fraction of sp³-hybridized carbons (Fsp3) is 0.158. The van der Waals surface area contributed by atoms with Gasteiger partial charge in [0.15, 0.2) is 5.69 Å². The normalized spacial score (nSPS) is 10.7. The van der Waals surface area contributed by atoms with Crippen molar-refractivity contribution in [3.63, 3.8) is 0 Å². The summed E-state index contributed by atoms with van der Waals surface area (Å²) in [4.78, 5) is 25.4. The van der Waals surface area contributed by atoms with Gasteiger partial charge in [-0.1, -0.05) is 41.9 Å². The van der Waals surface area contributed by atoms with E-state index < -0.39 is 5.97 Å². The van der Waals surface area contributed by atoms with E-state index in [0.717, 1.165) is 5.56 Å². The van der Waals surface area contributed by atoms with Crippen LogP contribution in [0.1, 0.15) is 17.4 Å². The van der Waals surface area contributed by atoms with Crippen LogP contribution in [0.2, 0.25) is 5.02 Å². The van der Waals surface area contributed by atoms with Gasteiger partial charge in [-0.3, -0.25) is 4.79 Å². The molecule has 1 aromatic heterocycles. The molecule has 0 aliphatic rings. The first-order valence-electron chi connectivity index (χ1n) is 7.84. The summed E-state index contributed by atoms with van der Waals surface area (Å²) in [5.74, 6) is -0.598. The second-order valence-corrected chi connectivity index (χ2v) is 5.86. The standard InChI is InChI=1S/C19H17ClN2O3/c1-3-21-22-17(19(24)25-2)16(12-7-5-4-6-8-12)15-11-13(20)9-10-14(15)18(22)23/h4-11,21H,3H2,1-2H3. The topological polar surface area (TPSA) is 60.3 Å². The van der Waals surface area contributed by atoms with Crippen LogP contribution in [0.4, 0.5) is 0 Å². The zero-order valence-electron chi connectivity index (χ0n) is 13.9. The van der Waals surface area contributed by atoms with E-state index in [2.05, 4.69) is 5.43 Å². The first-order valence-corrected chi connectivity index (χ1v) is 8.22. The van der Waals surface area contributed by atoms with E-state index in [1.165, 1.54) is 11.8 Å². The molecule has 0 spiro atoms. The van der Waals surface area contributed by atoms with Crippen molar-refractivity contribution < 1.29 is 9.53 Å². The van der Waals surface area contributed by atoms with E-state index in [4.69, 9.17) is 16.3 Å². The molecule has 0 radical (unpaired) electrons. The molecule has 0 unspecified atom stereocenters. The predicted octanol–water partition coefficient (Wildman–Crippen LogP) is 3.67. The van der Waals surface area contributed by atoms with Gasteiger partial charge in [0.2, 0.25) is 0 Å². The highest BCUT2D eigenvalue weighted by Gasteiger charge is 2.24. The molecule has 0 atom stereocenters. The number of methoxy groups -OCH3 is 1. The number of ether oxygens (including phenoxy) is 1. The van der Waals surface area contributed by atoms with Gasteiger partial charge in [-0.15, -0.1) is 0 Å². The average molecular weight is 357 g/mol. The van der Waals surface area contributed by atoms with Gasteiger partial charge in [0, 0.05) is 22.5 Å². The Bertz CT molecular complexity index is 997. The van der Waals surface area contributed by atoms with Crippen LogP contribution in [0.3, 0.4) is 0 Å². The Balaban J connectivity index is 2.55. The first kappa shape index (κ1) is 17.0. The largest absolute Gasteiger partial charge is 0.464 e. The molecular weight excluding hydrogens is 340 g/mol. The number of esters is 1. The quantitative estimate of drug-likeness (QED) is 0.724. The molecule has 0 aliphatic heterocycles. The minimum absolute atomic E-state index is 0.148. The third kappa shape index (κ3) is 2.98. The lowest BCUT2D eigenvalue weighted by Crippen LogP contribution is -2.34. The minimum atomic E-state index is -0.598. The summed E-state index contributed by atoms with van der Waals surface area (Å²) in [6.07, 6.45) is 0. The van der Waals surface area contributed by atoms with Crippen molar-refractivity contribution in [2.24, 2.45) is 0 Å². The molecule has 6 heteroatoms. The number of benzene rings is 2. The number of rotatable bonds is 4. The molecule has 2 aromatic carbocycles. The zero-order valence-corrected chi connectivity index (χ0v) is 14.6. The molecule has 3 aromatic rings. The van der Waals surface area contributed by atoms with Crippen LogP contribution in [-0.4, -0.2) is 24.3 Å². The lowest BCUT2D eigenvalue weighted by molar-refractivity contribution is 0.0590. The van der Waals surface area contributed by atoms with E-state index in [1.807, 2.05) is 37.3 Å². The third-order valence-corrected chi connectivity index (χ3v) is 4.14. The average Bonchev–Trinajstić information content (AvgIpc) is 2.63. The lowest BCUT2D eigenvalue weighted by Gasteiger charge is -2.19. The molecule has 0 saturated carbocycles. The van der Waals surface area contributed by atoms with E-state index in [0.29, 0.717) is 27.9 Å². The second kappa shape index (κ2) is 6.99. The number of hydrogen-bond acceptors (Lipinski definition) is 4. The summed E-state index contributed by atoms with van der Waals surface area (Å²) in [5.41, 5.74) is 4.17. The molecule has 3 rings (SSSR count). The van der Waals surface area contributed by atoms with Crippen LogP contribution in [0.15, 0.2) is 53.3 Å². The number of halogens is 1. The Morgan fingerprint density at radius 3 is 2.52 bits per heavy atom. The van der Waals surface area contributed by atoms with Crippen LogP contribution in [0.5, 0.6) is 0 Å². The van der Waals surface area contributed by atoms with Crippen molar-refractivity contribution in [2.45, 2.75) is 6.92 Å². The summed E-state index contributed by atoms with van der Waals surface area (Å²) in [7, 11) is 1.29. The van der Waals surface area contributed by atoms with Crippen molar-refractivity contribution >= 4 is 28.3 Å². The van der Waals surface area contributed by atoms with Crippen LogP contribution < -0.4 is 11.0 Å². The number of nitrogens with zero attached hydrogens (tertiary/aromatic N) is 1. The fourth-order valence-electron chi connectivity index (χ4n) is 2.87. The highest BCUT2D eigenvalue weighted by Crippen LogP contribution is 2.32. The van der Waals surface area contributed by atoms with Gasteiger partial charge in [-0.25, -0.2) is 9.47 Å².